The summed E-state index contributed by atoms with van der Waals surface area (Å²) in [4.78, 5) is 76.2. The number of ketones is 1. The van der Waals surface area contributed by atoms with Crippen LogP contribution in [0.2, 0.25) is 0 Å². The van der Waals surface area contributed by atoms with Gasteiger partial charge in [-0.1, -0.05) is 54.5 Å². The summed E-state index contributed by atoms with van der Waals surface area (Å²) in [5.41, 5.74) is -7.38. The van der Waals surface area contributed by atoms with Crippen LogP contribution in [-0.2, 0) is 47.9 Å². The minimum absolute atomic E-state index is 0.231. The maximum absolute atomic E-state index is 12.6. The molecule has 0 fully saturated rings. The first-order chi connectivity index (χ1) is 38.7. The van der Waals surface area contributed by atoms with Crippen molar-refractivity contribution in [1.82, 2.24) is 0 Å². The molecule has 0 saturated heterocycles. The van der Waals surface area contributed by atoms with Crippen LogP contribution in [0.4, 0.5) is 123 Å². The number of carbonyl (C=O) groups excluding carboxylic acids is 1. The maximum atomic E-state index is 12.6. The number of aliphatic hydroxyl groups excluding tert-OH is 1. The average Bonchev–Trinajstić information content (AvgIpc) is 3.34. The van der Waals surface area contributed by atoms with Crippen LogP contribution in [0.25, 0.3) is 0 Å². The number of rotatable bonds is 19. The van der Waals surface area contributed by atoms with E-state index in [-0.39, 0.29) is 37.0 Å². The van der Waals surface area contributed by atoms with Gasteiger partial charge in [-0.2, -0.15) is 119 Å². The van der Waals surface area contributed by atoms with Gasteiger partial charge in [-0.3, -0.25) is 28.8 Å². The molecule has 0 rings (SSSR count). The molecule has 0 aromatic rings. The van der Waals surface area contributed by atoms with Crippen LogP contribution in [0.3, 0.4) is 0 Å². The number of hydrogen-bond acceptors (Lipinski definition) is 13. The molecule has 0 aromatic heterocycles. The van der Waals surface area contributed by atoms with Gasteiger partial charge in [0.05, 0.1) is 17.8 Å². The van der Waals surface area contributed by atoms with E-state index >= 15 is 0 Å². The normalized spacial score (nSPS) is 11.0. The molecule has 2 atom stereocenters. The highest BCUT2D eigenvalue weighted by atomic mass is 19.4. The van der Waals surface area contributed by atoms with Crippen molar-refractivity contribution in [3.63, 3.8) is 0 Å². The third kappa shape index (κ3) is 61.3. The SMILES string of the molecule is C=CC(C)C(=O)O.CC(C)C(=O)O.CC(C)CC(=O)O.CC(C)CC(=O)O.CC(CCC(=O)C(F)(F)F)C(=O)O.FC(F)=C(F)OC(F)(F)C(F)(C(F)(F)F)C(F)(F)F.FC(F)=C(F)OC(F)=C(F)F.FC(F)=C(F)OC(F)=C(F)F.O=O.OCOF. The van der Waals surface area contributed by atoms with Crippen molar-refractivity contribution in [3.8, 4) is 0 Å². The molecule has 0 radical (unpaired) electrons. The molecular formula is C41H48F28O18. The quantitative estimate of drug-likeness (QED) is 0.0303. The molecule has 87 heavy (non-hydrogen) atoms. The molecular weight excluding hydrogens is 1310 g/mol. The number of alkyl halides is 12. The minimum Gasteiger partial charge on any atom is -0.481 e. The first-order valence-corrected chi connectivity index (χ1v) is 20.9. The van der Waals surface area contributed by atoms with Gasteiger partial charge in [0, 0.05) is 29.2 Å². The smallest absolute Gasteiger partial charge is 0.453 e. The van der Waals surface area contributed by atoms with Crippen LogP contribution in [0, 0.1) is 39.5 Å². The van der Waals surface area contributed by atoms with Crippen molar-refractivity contribution >= 4 is 35.6 Å². The summed E-state index contributed by atoms with van der Waals surface area (Å²) in [5, 5.41) is 47.9. The van der Waals surface area contributed by atoms with Crippen LogP contribution >= 0.6 is 0 Å². The summed E-state index contributed by atoms with van der Waals surface area (Å²) in [6.07, 6.45) is -41.4. The zero-order valence-corrected chi connectivity index (χ0v) is 44.4. The molecule has 0 amide bonds. The Labute approximate surface area is 468 Å². The van der Waals surface area contributed by atoms with E-state index in [2.05, 4.69) is 21.0 Å². The number of carboxylic acid groups (broad SMARTS) is 5. The van der Waals surface area contributed by atoms with E-state index in [9.17, 15) is 152 Å². The number of aliphatic hydroxyl groups is 1. The second kappa shape index (κ2) is 51.6. The fourth-order valence-corrected chi connectivity index (χ4v) is 2.44. The predicted octanol–water partition coefficient (Wildman–Crippen LogP) is 16.0. The van der Waals surface area contributed by atoms with Crippen molar-refractivity contribution in [3.05, 3.63) is 83.1 Å². The minimum atomic E-state index is -7.38. The van der Waals surface area contributed by atoms with Crippen LogP contribution < -0.4 is 0 Å². The van der Waals surface area contributed by atoms with Gasteiger partial charge in [-0.25, -0.2) is 4.39 Å². The van der Waals surface area contributed by atoms with Crippen molar-refractivity contribution in [2.24, 2.45) is 29.6 Å². The van der Waals surface area contributed by atoms with E-state index in [0.29, 0.717) is 0 Å². The summed E-state index contributed by atoms with van der Waals surface area (Å²) in [7, 11) is 0. The van der Waals surface area contributed by atoms with Gasteiger partial charge < -0.3 is 44.8 Å². The van der Waals surface area contributed by atoms with Crippen molar-refractivity contribution in [1.29, 1.82) is 0 Å². The number of hydrogen-bond donors (Lipinski definition) is 6. The fourth-order valence-electron chi connectivity index (χ4n) is 2.44. The Hall–Kier alpha value is -7.58. The van der Waals surface area contributed by atoms with Gasteiger partial charge in [-0.15, -0.1) is 6.58 Å². The lowest BCUT2D eigenvalue weighted by Gasteiger charge is -2.34. The molecule has 0 aromatic carbocycles. The zero-order valence-electron chi connectivity index (χ0n) is 44.4. The maximum Gasteiger partial charge on any atom is 0.453 e. The Balaban J connectivity index is -0.0000000986. The Kier molecular flexibility index (Phi) is 60.1. The summed E-state index contributed by atoms with van der Waals surface area (Å²) in [5.74, 6) is -7.09. The standard InChI is InChI=1S/C7H9F3O3.C6F12O.2C5H10O2.C5H8O2.2C4F6O.C4H8O2.CH3FO2.O2/c1-4(6(12)13)2-3-5(11)7(8,9)10;7-1(8)2(9)19-6(17,18)3(10,4(11,12)13)5(14,15)16;2*1-4(2)3-5(6)7;1-3-4(2)5(6)7;2*5-1(6)3(9)11-4(10)2(7)8;1-3(2)4(5)6;2-4-1-3;1-2/h4H,2-3H2,1H3,(H,12,13);;2*4H,3H2,1-2H3,(H,6,7);3-4H,1H2,2H3,(H,6,7);;;3H,1-2H3,(H,5,6);3H,1H2;. The van der Waals surface area contributed by atoms with Crippen molar-refractivity contribution < 1.29 is 202 Å². The second-order valence-electron chi connectivity index (χ2n) is 14.9. The van der Waals surface area contributed by atoms with E-state index in [0.717, 1.165) is 0 Å². The van der Waals surface area contributed by atoms with E-state index < -0.39 is 151 Å². The summed E-state index contributed by atoms with van der Waals surface area (Å²) >= 11 is 0. The molecule has 2 unspecified atom stereocenters. The van der Waals surface area contributed by atoms with Crippen molar-refractivity contribution in [2.75, 3.05) is 6.79 Å². The van der Waals surface area contributed by atoms with Crippen LogP contribution in [0.1, 0.15) is 81.1 Å². The van der Waals surface area contributed by atoms with E-state index in [4.69, 9.17) is 40.6 Å². The highest BCUT2D eigenvalue weighted by molar-refractivity contribution is 5.84. The van der Waals surface area contributed by atoms with Gasteiger partial charge in [-0.05, 0) is 29.7 Å². The Bertz CT molecular complexity index is 2030. The molecule has 46 heteroatoms. The largest absolute Gasteiger partial charge is 0.481 e. The van der Waals surface area contributed by atoms with E-state index in [1.807, 2.05) is 32.4 Å². The first-order valence-electron chi connectivity index (χ1n) is 20.9. The Morgan fingerprint density at radius 2 is 0.724 bits per heavy atom. The van der Waals surface area contributed by atoms with Crippen LogP contribution in [0.5, 0.6) is 0 Å². The van der Waals surface area contributed by atoms with Crippen LogP contribution in [-0.4, -0.2) is 103 Å². The summed E-state index contributed by atoms with van der Waals surface area (Å²) in [6, 6.07) is -14.5. The van der Waals surface area contributed by atoms with Gasteiger partial charge in [0.1, 0.15) is 0 Å². The zero-order chi connectivity index (χ0) is 72.7. The third-order valence-electron chi connectivity index (χ3n) is 6.50. The molecule has 516 valence electrons. The van der Waals surface area contributed by atoms with E-state index in [1.54, 1.807) is 20.8 Å². The molecule has 0 aliphatic heterocycles. The molecule has 6 N–H and O–H groups in total. The first kappa shape index (κ1) is 101. The topological polar surface area (TPSA) is 295 Å². The molecule has 0 aliphatic rings. The number of Topliss-reactive ketones (excluding diaryl/α,β-unsaturated/α-hetero) is 1. The van der Waals surface area contributed by atoms with Gasteiger partial charge >= 0.3 is 121 Å². The molecule has 0 heterocycles. The monoisotopic (exact) mass is 1360 g/mol. The molecule has 0 aliphatic carbocycles. The molecule has 0 spiro atoms. The fraction of sp³-hybridized carbons (Fsp3) is 0.561. The lowest BCUT2D eigenvalue weighted by atomic mass is 10.0. The highest BCUT2D eigenvalue weighted by Gasteiger charge is 2.87. The molecule has 0 bridgehead atoms. The molecule has 18 nitrogen and oxygen atoms in total. The third-order valence-corrected chi connectivity index (χ3v) is 6.50. The van der Waals surface area contributed by atoms with Crippen LogP contribution in [0.15, 0.2) is 73.1 Å². The second-order valence-corrected chi connectivity index (χ2v) is 14.9. The number of halogens is 28. The molecule has 0 saturated carbocycles. The highest BCUT2D eigenvalue weighted by Crippen LogP contribution is 2.55. The number of carbonyl (C=O) groups is 6. The predicted molar refractivity (Wildman–Crippen MR) is 233 cm³/mol. The lowest BCUT2D eigenvalue weighted by molar-refractivity contribution is -0.445. The Morgan fingerprint density at radius 3 is 0.839 bits per heavy atom. The van der Waals surface area contributed by atoms with Crippen molar-refractivity contribution in [2.45, 2.75) is 111 Å². The summed E-state index contributed by atoms with van der Waals surface area (Å²) in [6.45, 7) is 16.1. The lowest BCUT2D eigenvalue weighted by Crippen LogP contribution is -2.65. The van der Waals surface area contributed by atoms with Gasteiger partial charge in [0.2, 0.25) is 5.78 Å². The number of carboxylic acids is 5. The van der Waals surface area contributed by atoms with E-state index in [1.165, 1.54) is 13.0 Å². The number of ether oxygens (including phenoxy) is 3. The Morgan fingerprint density at radius 1 is 0.471 bits per heavy atom. The number of aliphatic carboxylic acids is 5. The average molecular weight is 1360 g/mol. The van der Waals surface area contributed by atoms with Gasteiger partial charge in [0.15, 0.2) is 6.79 Å². The summed E-state index contributed by atoms with van der Waals surface area (Å²) < 4.78 is 328. The van der Waals surface area contributed by atoms with Gasteiger partial charge in [0.25, 0.3) is 0 Å².